The molecular formula is C14H19F2NO. The largest absolute Gasteiger partial charge is 0.388 e. The zero-order valence-corrected chi connectivity index (χ0v) is 10.5. The van der Waals surface area contributed by atoms with E-state index in [-0.39, 0.29) is 6.04 Å². The first kappa shape index (κ1) is 13.4. The molecule has 1 heterocycles. The molecule has 2 nitrogen and oxygen atoms in total. The number of hydrogen-bond donors (Lipinski definition) is 2. The van der Waals surface area contributed by atoms with Gasteiger partial charge in [0.1, 0.15) is 11.6 Å². The van der Waals surface area contributed by atoms with E-state index in [1.54, 1.807) is 0 Å². The van der Waals surface area contributed by atoms with E-state index < -0.39 is 17.7 Å². The summed E-state index contributed by atoms with van der Waals surface area (Å²) in [6, 6.07) is 3.42. The predicted octanol–water partition coefficient (Wildman–Crippen LogP) is 2.78. The van der Waals surface area contributed by atoms with Gasteiger partial charge in [-0.15, -0.1) is 0 Å². The Labute approximate surface area is 106 Å². The summed E-state index contributed by atoms with van der Waals surface area (Å²) in [5, 5.41) is 13.4. The second kappa shape index (κ2) is 5.76. The lowest BCUT2D eigenvalue weighted by atomic mass is 9.90. The van der Waals surface area contributed by atoms with Gasteiger partial charge in [-0.1, -0.05) is 6.92 Å². The van der Waals surface area contributed by atoms with E-state index in [4.69, 9.17) is 0 Å². The highest BCUT2D eigenvalue weighted by molar-refractivity contribution is 5.20. The van der Waals surface area contributed by atoms with Crippen LogP contribution >= 0.6 is 0 Å². The second-order valence-electron chi connectivity index (χ2n) is 5.23. The number of halogens is 2. The topological polar surface area (TPSA) is 32.3 Å². The summed E-state index contributed by atoms with van der Waals surface area (Å²) in [4.78, 5) is 0. The fourth-order valence-electron chi connectivity index (χ4n) is 2.57. The van der Waals surface area contributed by atoms with E-state index in [2.05, 4.69) is 12.2 Å². The van der Waals surface area contributed by atoms with Gasteiger partial charge in [-0.2, -0.15) is 0 Å². The van der Waals surface area contributed by atoms with Crippen LogP contribution in [0.25, 0.3) is 0 Å². The zero-order chi connectivity index (χ0) is 13.1. The van der Waals surface area contributed by atoms with E-state index in [0.29, 0.717) is 17.9 Å². The molecule has 18 heavy (non-hydrogen) atoms. The number of nitrogens with one attached hydrogen (secondary N) is 1. The van der Waals surface area contributed by atoms with Crippen LogP contribution < -0.4 is 5.32 Å². The molecule has 0 aliphatic carbocycles. The minimum Gasteiger partial charge on any atom is -0.388 e. The van der Waals surface area contributed by atoms with Crippen molar-refractivity contribution in [1.82, 2.24) is 5.32 Å². The molecule has 1 saturated heterocycles. The molecule has 4 heteroatoms. The Bertz CT molecular complexity index is 391. The quantitative estimate of drug-likeness (QED) is 0.870. The molecule has 1 aliphatic heterocycles. The van der Waals surface area contributed by atoms with Gasteiger partial charge in [0, 0.05) is 12.1 Å². The predicted molar refractivity (Wildman–Crippen MR) is 66.1 cm³/mol. The van der Waals surface area contributed by atoms with E-state index >= 15 is 0 Å². The van der Waals surface area contributed by atoms with Crippen LogP contribution in [0.15, 0.2) is 18.2 Å². The molecule has 0 bridgehead atoms. The number of hydrogen-bond acceptors (Lipinski definition) is 2. The molecule has 100 valence electrons. The number of aliphatic hydroxyl groups excluding tert-OH is 1. The van der Waals surface area contributed by atoms with Crippen molar-refractivity contribution in [3.8, 4) is 0 Å². The molecule has 0 radical (unpaired) electrons. The Kier molecular flexibility index (Phi) is 4.30. The van der Waals surface area contributed by atoms with Crippen LogP contribution in [0, 0.1) is 17.6 Å². The fraction of sp³-hybridized carbons (Fsp3) is 0.571. The van der Waals surface area contributed by atoms with Crippen molar-refractivity contribution < 1.29 is 13.9 Å². The average molecular weight is 255 g/mol. The van der Waals surface area contributed by atoms with Gasteiger partial charge < -0.3 is 10.4 Å². The van der Waals surface area contributed by atoms with Crippen molar-refractivity contribution in [3.05, 3.63) is 35.4 Å². The number of aliphatic hydroxyl groups is 1. The van der Waals surface area contributed by atoms with E-state index in [9.17, 15) is 13.9 Å². The molecule has 1 fully saturated rings. The smallest absolute Gasteiger partial charge is 0.126 e. The van der Waals surface area contributed by atoms with Gasteiger partial charge in [-0.25, -0.2) is 8.78 Å². The molecule has 0 spiro atoms. The molecule has 0 amide bonds. The van der Waals surface area contributed by atoms with Gasteiger partial charge in [-0.05, 0) is 49.4 Å². The van der Waals surface area contributed by atoms with Crippen molar-refractivity contribution in [2.45, 2.75) is 38.3 Å². The maximum absolute atomic E-state index is 13.1. The van der Waals surface area contributed by atoms with Gasteiger partial charge in [0.05, 0.1) is 6.10 Å². The second-order valence-corrected chi connectivity index (χ2v) is 5.23. The highest BCUT2D eigenvalue weighted by Crippen LogP contribution is 2.25. The van der Waals surface area contributed by atoms with E-state index in [1.807, 2.05) is 0 Å². The maximum atomic E-state index is 13.1. The van der Waals surface area contributed by atoms with Crippen LogP contribution in [-0.2, 0) is 0 Å². The highest BCUT2D eigenvalue weighted by Gasteiger charge is 2.22. The normalized spacial score (nSPS) is 26.0. The van der Waals surface area contributed by atoms with Crippen molar-refractivity contribution in [2.24, 2.45) is 5.92 Å². The first-order valence-electron chi connectivity index (χ1n) is 6.42. The molecule has 1 aliphatic rings. The lowest BCUT2D eigenvalue weighted by Crippen LogP contribution is -2.38. The average Bonchev–Trinajstić information content (AvgIpc) is 2.27. The van der Waals surface area contributed by atoms with Crippen LogP contribution in [0.5, 0.6) is 0 Å². The Morgan fingerprint density at radius 3 is 2.61 bits per heavy atom. The van der Waals surface area contributed by atoms with Crippen LogP contribution in [-0.4, -0.2) is 17.7 Å². The van der Waals surface area contributed by atoms with Crippen molar-refractivity contribution in [1.29, 1.82) is 0 Å². The first-order chi connectivity index (χ1) is 8.54. The van der Waals surface area contributed by atoms with Crippen molar-refractivity contribution >= 4 is 0 Å². The third-order valence-corrected chi connectivity index (χ3v) is 3.53. The van der Waals surface area contributed by atoms with Crippen LogP contribution in [0.4, 0.5) is 8.78 Å². The van der Waals surface area contributed by atoms with Gasteiger partial charge in [0.2, 0.25) is 0 Å². The molecule has 3 atom stereocenters. The molecular weight excluding hydrogens is 236 g/mol. The third kappa shape index (κ3) is 3.50. The van der Waals surface area contributed by atoms with Gasteiger partial charge >= 0.3 is 0 Å². The highest BCUT2D eigenvalue weighted by atomic mass is 19.1. The van der Waals surface area contributed by atoms with Crippen LogP contribution in [0.2, 0.25) is 0 Å². The number of rotatable bonds is 3. The molecule has 2 rings (SSSR count). The minimum absolute atomic E-state index is 0.218. The third-order valence-electron chi connectivity index (χ3n) is 3.53. The lowest BCUT2D eigenvalue weighted by Gasteiger charge is -2.29. The monoisotopic (exact) mass is 255 g/mol. The van der Waals surface area contributed by atoms with Crippen LogP contribution in [0.1, 0.15) is 37.9 Å². The summed E-state index contributed by atoms with van der Waals surface area (Å²) in [5.74, 6) is -0.657. The Balaban J connectivity index is 2.00. The summed E-state index contributed by atoms with van der Waals surface area (Å²) < 4.78 is 26.1. The summed E-state index contributed by atoms with van der Waals surface area (Å²) in [6.07, 6.45) is 1.81. The Morgan fingerprint density at radius 1 is 1.33 bits per heavy atom. The number of benzene rings is 1. The maximum Gasteiger partial charge on any atom is 0.126 e. The van der Waals surface area contributed by atoms with Crippen molar-refractivity contribution in [2.75, 3.05) is 6.54 Å². The minimum atomic E-state index is -0.821. The van der Waals surface area contributed by atoms with E-state index in [1.165, 1.54) is 12.1 Å². The molecule has 3 unspecified atom stereocenters. The molecule has 1 aromatic carbocycles. The fourth-order valence-corrected chi connectivity index (χ4v) is 2.57. The Hall–Kier alpha value is -1.00. The summed E-state index contributed by atoms with van der Waals surface area (Å²) in [5.41, 5.74) is 0.313. The molecule has 0 aromatic heterocycles. The first-order valence-corrected chi connectivity index (χ1v) is 6.42. The lowest BCUT2D eigenvalue weighted by molar-refractivity contribution is 0.137. The SMILES string of the molecule is CC1CCNC(CC(O)c2cc(F)cc(F)c2)C1. The van der Waals surface area contributed by atoms with Crippen molar-refractivity contribution in [3.63, 3.8) is 0 Å². The summed E-state index contributed by atoms with van der Waals surface area (Å²) >= 11 is 0. The van der Waals surface area contributed by atoms with Gasteiger partial charge in [-0.3, -0.25) is 0 Å². The molecule has 1 aromatic rings. The standard InChI is InChI=1S/C14H19F2NO/c1-9-2-3-17-13(4-9)8-14(18)10-5-11(15)7-12(16)6-10/h5-7,9,13-14,17-18H,2-4,8H2,1H3. The summed E-state index contributed by atoms with van der Waals surface area (Å²) in [7, 11) is 0. The number of piperidine rings is 1. The van der Waals surface area contributed by atoms with Crippen LogP contribution in [0.3, 0.4) is 0 Å². The zero-order valence-electron chi connectivity index (χ0n) is 10.5. The summed E-state index contributed by atoms with van der Waals surface area (Å²) in [6.45, 7) is 3.12. The molecule has 2 N–H and O–H groups in total. The van der Waals surface area contributed by atoms with Gasteiger partial charge in [0.15, 0.2) is 0 Å². The Morgan fingerprint density at radius 2 is 2.00 bits per heavy atom. The van der Waals surface area contributed by atoms with E-state index in [0.717, 1.165) is 25.5 Å². The molecule has 0 saturated carbocycles. The van der Waals surface area contributed by atoms with Gasteiger partial charge in [0.25, 0.3) is 0 Å².